The summed E-state index contributed by atoms with van der Waals surface area (Å²) >= 11 is 0. The van der Waals surface area contributed by atoms with E-state index < -0.39 is 0 Å². The molecule has 0 saturated heterocycles. The Kier molecular flexibility index (Phi) is 4.37. The van der Waals surface area contributed by atoms with Crippen LogP contribution >= 0.6 is 0 Å². The van der Waals surface area contributed by atoms with Gasteiger partial charge in [-0.15, -0.1) is 0 Å². The molecule has 27 heavy (non-hydrogen) atoms. The molecule has 2 fully saturated rings. The largest absolute Gasteiger partial charge is 0.493 e. The van der Waals surface area contributed by atoms with Crippen molar-refractivity contribution in [2.75, 3.05) is 14.2 Å². The van der Waals surface area contributed by atoms with Crippen molar-refractivity contribution in [3.05, 3.63) is 22.8 Å². The minimum atomic E-state index is 0.275. The minimum absolute atomic E-state index is 0.275. The number of hydrogen-bond acceptors (Lipinski definition) is 2. The average molecular weight is 371 g/mol. The second-order valence-electron chi connectivity index (χ2n) is 10.6. The van der Waals surface area contributed by atoms with E-state index in [4.69, 9.17) is 9.47 Å². The Bertz CT molecular complexity index is 749. The first-order valence-electron chi connectivity index (χ1n) is 11.0. The zero-order valence-corrected chi connectivity index (χ0v) is 18.5. The summed E-state index contributed by atoms with van der Waals surface area (Å²) in [6.45, 7) is 12.5. The first-order chi connectivity index (χ1) is 12.7. The van der Waals surface area contributed by atoms with Crippen LogP contribution in [0.3, 0.4) is 0 Å². The highest BCUT2D eigenvalue weighted by Gasteiger charge is 2.61. The SMILES string of the molecule is CCc1cc2c(c(OC)c1OC)CC1C2(C)CCC2C(C)(C)CCCC21C. The third kappa shape index (κ3) is 2.44. The molecule has 0 aliphatic heterocycles. The molecule has 2 heteroatoms. The number of ether oxygens (including phenoxy) is 2. The van der Waals surface area contributed by atoms with Crippen molar-refractivity contribution in [3.8, 4) is 11.5 Å². The van der Waals surface area contributed by atoms with Gasteiger partial charge in [0.1, 0.15) is 0 Å². The fraction of sp³-hybridized carbons (Fsp3) is 0.760. The first-order valence-corrected chi connectivity index (χ1v) is 11.0. The van der Waals surface area contributed by atoms with E-state index in [9.17, 15) is 0 Å². The Morgan fingerprint density at radius 2 is 1.67 bits per heavy atom. The van der Waals surface area contributed by atoms with Crippen LogP contribution in [0.5, 0.6) is 11.5 Å². The van der Waals surface area contributed by atoms with Crippen molar-refractivity contribution >= 4 is 0 Å². The van der Waals surface area contributed by atoms with Crippen LogP contribution in [0.15, 0.2) is 6.07 Å². The van der Waals surface area contributed by atoms with Gasteiger partial charge in [0.05, 0.1) is 14.2 Å². The summed E-state index contributed by atoms with van der Waals surface area (Å²) < 4.78 is 11.8. The molecule has 0 heterocycles. The molecule has 1 aromatic rings. The van der Waals surface area contributed by atoms with Gasteiger partial charge in [-0.2, -0.15) is 0 Å². The van der Waals surface area contributed by atoms with Gasteiger partial charge in [-0.1, -0.05) is 47.1 Å². The maximum atomic E-state index is 5.96. The van der Waals surface area contributed by atoms with Gasteiger partial charge in [0, 0.05) is 5.56 Å². The molecule has 3 aliphatic carbocycles. The molecule has 4 unspecified atom stereocenters. The van der Waals surface area contributed by atoms with Gasteiger partial charge in [-0.25, -0.2) is 0 Å². The highest BCUT2D eigenvalue weighted by Crippen LogP contribution is 2.68. The van der Waals surface area contributed by atoms with Gasteiger partial charge in [0.2, 0.25) is 0 Å². The highest BCUT2D eigenvalue weighted by atomic mass is 16.5. The van der Waals surface area contributed by atoms with Gasteiger partial charge in [-0.05, 0) is 77.7 Å². The van der Waals surface area contributed by atoms with Crippen molar-refractivity contribution in [2.45, 2.75) is 85.0 Å². The number of fused-ring (bicyclic) bond motifs is 5. The smallest absolute Gasteiger partial charge is 0.164 e. The lowest BCUT2D eigenvalue weighted by Crippen LogP contribution is -2.55. The molecular weight excluding hydrogens is 332 g/mol. The molecule has 4 rings (SSSR count). The predicted molar refractivity (Wildman–Crippen MR) is 112 cm³/mol. The Morgan fingerprint density at radius 3 is 2.30 bits per heavy atom. The summed E-state index contributed by atoms with van der Waals surface area (Å²) in [7, 11) is 3.60. The zero-order valence-electron chi connectivity index (χ0n) is 18.5. The van der Waals surface area contributed by atoms with E-state index in [1.165, 1.54) is 43.2 Å². The molecule has 0 bridgehead atoms. The van der Waals surface area contributed by atoms with Crippen molar-refractivity contribution in [3.63, 3.8) is 0 Å². The third-order valence-corrected chi connectivity index (χ3v) is 9.02. The molecule has 0 spiro atoms. The lowest BCUT2D eigenvalue weighted by molar-refractivity contribution is -0.0983. The number of aryl methyl sites for hydroxylation is 1. The second-order valence-corrected chi connectivity index (χ2v) is 10.6. The van der Waals surface area contributed by atoms with E-state index in [-0.39, 0.29) is 5.41 Å². The van der Waals surface area contributed by atoms with Crippen molar-refractivity contribution in [2.24, 2.45) is 22.7 Å². The Labute approximate surface area is 166 Å². The van der Waals surface area contributed by atoms with Crippen molar-refractivity contribution in [1.29, 1.82) is 0 Å². The van der Waals surface area contributed by atoms with Crippen LogP contribution in [-0.4, -0.2) is 14.2 Å². The number of benzene rings is 1. The van der Waals surface area contributed by atoms with Gasteiger partial charge in [-0.3, -0.25) is 0 Å². The molecule has 2 saturated carbocycles. The maximum absolute atomic E-state index is 5.96. The summed E-state index contributed by atoms with van der Waals surface area (Å²) in [5, 5.41) is 0. The summed E-state index contributed by atoms with van der Waals surface area (Å²) in [6, 6.07) is 2.47. The Balaban J connectivity index is 1.87. The normalized spacial score (nSPS) is 36.6. The van der Waals surface area contributed by atoms with Gasteiger partial charge < -0.3 is 9.47 Å². The summed E-state index contributed by atoms with van der Waals surface area (Å²) in [5.74, 6) is 3.53. The van der Waals surface area contributed by atoms with E-state index in [1.807, 2.05) is 7.11 Å². The minimum Gasteiger partial charge on any atom is -0.493 e. The van der Waals surface area contributed by atoms with Crippen LogP contribution < -0.4 is 9.47 Å². The van der Waals surface area contributed by atoms with Crippen molar-refractivity contribution < 1.29 is 9.47 Å². The highest BCUT2D eigenvalue weighted by molar-refractivity contribution is 5.60. The van der Waals surface area contributed by atoms with Crippen LogP contribution in [0.25, 0.3) is 0 Å². The van der Waals surface area contributed by atoms with Crippen LogP contribution in [0.1, 0.15) is 83.4 Å². The number of hydrogen-bond donors (Lipinski definition) is 0. The molecule has 0 amide bonds. The third-order valence-electron chi connectivity index (χ3n) is 9.02. The van der Waals surface area contributed by atoms with E-state index >= 15 is 0 Å². The Morgan fingerprint density at radius 1 is 0.963 bits per heavy atom. The number of rotatable bonds is 3. The fourth-order valence-corrected chi connectivity index (χ4v) is 7.78. The van der Waals surface area contributed by atoms with E-state index in [2.05, 4.69) is 40.7 Å². The fourth-order valence-electron chi connectivity index (χ4n) is 7.78. The molecule has 0 aromatic heterocycles. The molecule has 4 atom stereocenters. The van der Waals surface area contributed by atoms with E-state index in [1.54, 1.807) is 12.7 Å². The molecule has 1 aromatic carbocycles. The van der Waals surface area contributed by atoms with Crippen LogP contribution in [0.4, 0.5) is 0 Å². The first kappa shape index (κ1) is 19.2. The quantitative estimate of drug-likeness (QED) is 0.619. The van der Waals surface area contributed by atoms with Crippen LogP contribution in [0, 0.1) is 22.7 Å². The van der Waals surface area contributed by atoms with Gasteiger partial charge >= 0.3 is 0 Å². The van der Waals surface area contributed by atoms with Gasteiger partial charge in [0.15, 0.2) is 11.5 Å². The summed E-state index contributed by atoms with van der Waals surface area (Å²) in [6.07, 6.45) is 8.97. The molecule has 3 aliphatic rings. The molecule has 150 valence electrons. The summed E-state index contributed by atoms with van der Waals surface area (Å²) in [5.41, 5.74) is 5.47. The molecular formula is C25H38O2. The molecule has 0 radical (unpaired) electrons. The van der Waals surface area contributed by atoms with Crippen LogP contribution in [-0.2, 0) is 18.3 Å². The maximum Gasteiger partial charge on any atom is 0.164 e. The summed E-state index contributed by atoms with van der Waals surface area (Å²) in [4.78, 5) is 0. The van der Waals surface area contributed by atoms with Crippen molar-refractivity contribution in [1.82, 2.24) is 0 Å². The lowest BCUT2D eigenvalue weighted by atomic mass is 9.43. The number of methoxy groups -OCH3 is 2. The molecule has 2 nitrogen and oxygen atoms in total. The van der Waals surface area contributed by atoms with E-state index in [0.717, 1.165) is 30.3 Å². The Hall–Kier alpha value is -1.18. The second kappa shape index (κ2) is 6.16. The standard InChI is InChI=1S/C25H38O2/c1-8-16-14-18-17(22(27-7)21(16)26-6)15-20-24(18,4)13-10-19-23(2,3)11-9-12-25(19,20)5/h14,19-20H,8-13,15H2,1-7H3. The topological polar surface area (TPSA) is 18.5 Å². The average Bonchev–Trinajstić information content (AvgIpc) is 2.93. The predicted octanol–water partition coefficient (Wildman–Crippen LogP) is 6.32. The van der Waals surface area contributed by atoms with Gasteiger partial charge in [0.25, 0.3) is 0 Å². The zero-order chi connectivity index (χ0) is 19.6. The molecule has 0 N–H and O–H groups in total. The monoisotopic (exact) mass is 370 g/mol. The van der Waals surface area contributed by atoms with Crippen LogP contribution in [0.2, 0.25) is 0 Å². The lowest BCUT2D eigenvalue weighted by Gasteiger charge is -2.61. The van der Waals surface area contributed by atoms with E-state index in [0.29, 0.717) is 16.7 Å².